The second kappa shape index (κ2) is 5.93. The van der Waals surface area contributed by atoms with Crippen molar-refractivity contribution in [1.82, 2.24) is 14.5 Å². The van der Waals surface area contributed by atoms with Crippen LogP contribution >= 0.6 is 0 Å². The zero-order chi connectivity index (χ0) is 18.4. The molecule has 0 amide bonds. The third kappa shape index (κ3) is 3.10. The van der Waals surface area contributed by atoms with Gasteiger partial charge in [-0.2, -0.15) is 5.26 Å². The summed E-state index contributed by atoms with van der Waals surface area (Å²) in [7, 11) is 0. The molecule has 0 saturated heterocycles. The average molecular weight is 332 g/mol. The minimum atomic E-state index is 0.00392. The first-order valence-electron chi connectivity index (χ1n) is 8.48. The van der Waals surface area contributed by atoms with Gasteiger partial charge in [-0.15, -0.1) is 0 Å². The van der Waals surface area contributed by atoms with Crippen molar-refractivity contribution in [2.45, 2.75) is 47.1 Å². The van der Waals surface area contributed by atoms with Gasteiger partial charge >= 0.3 is 0 Å². The molecule has 2 heterocycles. The molecule has 4 nitrogen and oxygen atoms in total. The zero-order valence-electron chi connectivity index (χ0n) is 15.7. The largest absolute Gasteiger partial charge is 0.343 e. The summed E-state index contributed by atoms with van der Waals surface area (Å²) in [5, 5.41) is 9.66. The van der Waals surface area contributed by atoms with Crippen molar-refractivity contribution in [2.75, 3.05) is 0 Å². The number of nitriles is 1. The standard InChI is InChI=1S/C21H24N4/c1-13-7-8-18-19(9-13)24-20(23-18)17(12-22)11-16-10-14(2)25(15(16)3)21(4,5)6/h7-11H,1-6H3,(H,23,24)/b17-11-. The van der Waals surface area contributed by atoms with E-state index in [9.17, 15) is 5.26 Å². The fraction of sp³-hybridized carbons (Fsp3) is 0.333. The minimum Gasteiger partial charge on any atom is -0.343 e. The van der Waals surface area contributed by atoms with E-state index in [0.717, 1.165) is 22.3 Å². The lowest BCUT2D eigenvalue weighted by atomic mass is 10.1. The molecule has 3 aromatic rings. The number of aromatic amines is 1. The van der Waals surface area contributed by atoms with E-state index in [1.165, 1.54) is 11.3 Å². The number of rotatable bonds is 2. The predicted molar refractivity (Wildman–Crippen MR) is 103 cm³/mol. The van der Waals surface area contributed by atoms with Crippen LogP contribution in [0.1, 0.15) is 49.1 Å². The summed E-state index contributed by atoms with van der Waals surface area (Å²) in [5.74, 6) is 0.615. The number of fused-ring (bicyclic) bond motifs is 1. The highest BCUT2D eigenvalue weighted by Crippen LogP contribution is 2.27. The van der Waals surface area contributed by atoms with Crippen LogP contribution in [-0.2, 0) is 5.54 Å². The predicted octanol–water partition coefficient (Wildman–Crippen LogP) is 5.11. The molecule has 4 heteroatoms. The summed E-state index contributed by atoms with van der Waals surface area (Å²) in [4.78, 5) is 7.85. The van der Waals surface area contributed by atoms with E-state index >= 15 is 0 Å². The molecule has 3 rings (SSSR count). The maximum atomic E-state index is 9.66. The van der Waals surface area contributed by atoms with Crippen LogP contribution in [0.4, 0.5) is 0 Å². The number of aryl methyl sites for hydroxylation is 2. The number of nitrogens with zero attached hydrogens (tertiary/aromatic N) is 3. The minimum absolute atomic E-state index is 0.00392. The van der Waals surface area contributed by atoms with Gasteiger partial charge < -0.3 is 9.55 Å². The number of allylic oxidation sites excluding steroid dienone is 1. The van der Waals surface area contributed by atoms with E-state index in [4.69, 9.17) is 0 Å². The van der Waals surface area contributed by atoms with E-state index in [1.54, 1.807) is 0 Å². The number of nitrogens with one attached hydrogen (secondary N) is 1. The molecule has 0 aliphatic rings. The third-order valence-electron chi connectivity index (χ3n) is 4.45. The molecule has 0 atom stereocenters. The molecule has 0 fully saturated rings. The number of benzene rings is 1. The van der Waals surface area contributed by atoms with Crippen LogP contribution in [0.5, 0.6) is 0 Å². The lowest BCUT2D eigenvalue weighted by molar-refractivity contribution is 0.383. The maximum Gasteiger partial charge on any atom is 0.149 e. The molecule has 0 spiro atoms. The Kier molecular flexibility index (Phi) is 4.04. The lowest BCUT2D eigenvalue weighted by Crippen LogP contribution is -2.24. The summed E-state index contributed by atoms with van der Waals surface area (Å²) >= 11 is 0. The smallest absolute Gasteiger partial charge is 0.149 e. The Labute approximate surface area is 148 Å². The Morgan fingerprint density at radius 3 is 2.52 bits per heavy atom. The molecule has 0 unspecified atom stereocenters. The van der Waals surface area contributed by atoms with Crippen molar-refractivity contribution in [3.8, 4) is 6.07 Å². The Morgan fingerprint density at radius 1 is 1.20 bits per heavy atom. The number of hydrogen-bond donors (Lipinski definition) is 1. The Hall–Kier alpha value is -2.80. The van der Waals surface area contributed by atoms with Crippen LogP contribution in [-0.4, -0.2) is 14.5 Å². The van der Waals surface area contributed by atoms with Crippen LogP contribution in [0.3, 0.4) is 0 Å². The number of imidazole rings is 1. The highest BCUT2D eigenvalue weighted by molar-refractivity contribution is 5.90. The Bertz CT molecular complexity index is 1020. The molecule has 0 bridgehead atoms. The second-order valence-electron chi connectivity index (χ2n) is 7.61. The van der Waals surface area contributed by atoms with Gasteiger partial charge in [0, 0.05) is 16.9 Å². The van der Waals surface area contributed by atoms with Gasteiger partial charge in [-0.05, 0) is 76.9 Å². The molecule has 1 N–H and O–H groups in total. The summed E-state index contributed by atoms with van der Waals surface area (Å²) < 4.78 is 2.30. The maximum absolute atomic E-state index is 9.66. The van der Waals surface area contributed by atoms with Crippen molar-refractivity contribution < 1.29 is 0 Å². The van der Waals surface area contributed by atoms with Crippen molar-refractivity contribution in [2.24, 2.45) is 0 Å². The zero-order valence-corrected chi connectivity index (χ0v) is 15.7. The quantitative estimate of drug-likeness (QED) is 0.663. The van der Waals surface area contributed by atoms with Gasteiger partial charge in [-0.1, -0.05) is 6.07 Å². The molecule has 0 radical (unpaired) electrons. The molecule has 25 heavy (non-hydrogen) atoms. The fourth-order valence-corrected chi connectivity index (χ4v) is 3.53. The first kappa shape index (κ1) is 17.0. The third-order valence-corrected chi connectivity index (χ3v) is 4.45. The topological polar surface area (TPSA) is 57.4 Å². The van der Waals surface area contributed by atoms with E-state index in [1.807, 2.05) is 31.2 Å². The van der Waals surface area contributed by atoms with Crippen molar-refractivity contribution in [3.63, 3.8) is 0 Å². The number of hydrogen-bond acceptors (Lipinski definition) is 2. The molecular weight excluding hydrogens is 308 g/mol. The lowest BCUT2D eigenvalue weighted by Gasteiger charge is -2.25. The number of H-pyrrole nitrogens is 1. The van der Waals surface area contributed by atoms with E-state index in [0.29, 0.717) is 11.4 Å². The SMILES string of the molecule is Cc1ccc2nc(/C(C#N)=C\c3cc(C)n(C(C)(C)C)c3C)[nH]c2c1. The van der Waals surface area contributed by atoms with Crippen molar-refractivity contribution >= 4 is 22.7 Å². The second-order valence-corrected chi connectivity index (χ2v) is 7.61. The molecule has 128 valence electrons. The van der Waals surface area contributed by atoms with Crippen LogP contribution in [0.25, 0.3) is 22.7 Å². The number of aromatic nitrogens is 3. The molecule has 2 aromatic heterocycles. The molecule has 0 aliphatic carbocycles. The highest BCUT2D eigenvalue weighted by atomic mass is 15.1. The molecule has 1 aromatic carbocycles. The van der Waals surface area contributed by atoms with Gasteiger partial charge in [0.2, 0.25) is 0 Å². The fourth-order valence-electron chi connectivity index (χ4n) is 3.53. The van der Waals surface area contributed by atoms with Crippen LogP contribution < -0.4 is 0 Å². The summed E-state index contributed by atoms with van der Waals surface area (Å²) in [6, 6.07) is 10.5. The van der Waals surface area contributed by atoms with Gasteiger partial charge in [0.15, 0.2) is 0 Å². The first-order chi connectivity index (χ1) is 11.7. The Balaban J connectivity index is 2.11. The monoisotopic (exact) mass is 332 g/mol. The van der Waals surface area contributed by atoms with Crippen LogP contribution in [0, 0.1) is 32.1 Å². The van der Waals surface area contributed by atoms with Gasteiger partial charge in [-0.25, -0.2) is 4.98 Å². The van der Waals surface area contributed by atoms with Gasteiger partial charge in [-0.3, -0.25) is 0 Å². The van der Waals surface area contributed by atoms with Crippen LogP contribution in [0.2, 0.25) is 0 Å². The van der Waals surface area contributed by atoms with Gasteiger partial charge in [0.05, 0.1) is 16.6 Å². The van der Waals surface area contributed by atoms with E-state index in [-0.39, 0.29) is 5.54 Å². The Morgan fingerprint density at radius 2 is 1.92 bits per heavy atom. The summed E-state index contributed by atoms with van der Waals surface area (Å²) in [5.41, 5.74) is 6.95. The van der Waals surface area contributed by atoms with E-state index < -0.39 is 0 Å². The molecule has 0 saturated carbocycles. The van der Waals surface area contributed by atoms with Gasteiger partial charge in [0.25, 0.3) is 0 Å². The average Bonchev–Trinajstić information content (AvgIpc) is 3.04. The molecular formula is C21H24N4. The molecule has 0 aliphatic heterocycles. The normalized spacial score (nSPS) is 12.6. The van der Waals surface area contributed by atoms with Crippen LogP contribution in [0.15, 0.2) is 24.3 Å². The van der Waals surface area contributed by atoms with Crippen molar-refractivity contribution in [1.29, 1.82) is 5.26 Å². The summed E-state index contributed by atoms with van der Waals surface area (Å²) in [6.07, 6.45) is 1.93. The summed E-state index contributed by atoms with van der Waals surface area (Å²) in [6.45, 7) is 12.8. The first-order valence-corrected chi connectivity index (χ1v) is 8.48. The van der Waals surface area contributed by atoms with Crippen molar-refractivity contribution in [3.05, 3.63) is 52.6 Å². The highest BCUT2D eigenvalue weighted by Gasteiger charge is 2.19. The van der Waals surface area contributed by atoms with E-state index in [2.05, 4.69) is 61.3 Å². The van der Waals surface area contributed by atoms with Gasteiger partial charge in [0.1, 0.15) is 11.9 Å².